The summed E-state index contributed by atoms with van der Waals surface area (Å²) in [7, 11) is 3.82. The summed E-state index contributed by atoms with van der Waals surface area (Å²) >= 11 is 0. The molecule has 1 aliphatic rings. The van der Waals surface area contributed by atoms with Crippen LogP contribution in [0.5, 0.6) is 5.75 Å². The van der Waals surface area contributed by atoms with Crippen molar-refractivity contribution >= 4 is 19.7 Å². The van der Waals surface area contributed by atoms with Gasteiger partial charge in [0.25, 0.3) is 0 Å². The number of hydrogen-bond donors (Lipinski definition) is 0. The normalized spacial score (nSPS) is 18.4. The van der Waals surface area contributed by atoms with E-state index in [0.717, 1.165) is 31.7 Å². The molecule has 1 saturated heterocycles. The minimum absolute atomic E-state index is 0.150. The van der Waals surface area contributed by atoms with Crippen molar-refractivity contribution in [3.8, 4) is 5.75 Å². The molecule has 0 unspecified atom stereocenters. The fraction of sp³-hybridized carbons (Fsp3) is 0.538. The average Bonchev–Trinajstić information content (AvgIpc) is 2.33. The van der Waals surface area contributed by atoms with Crippen LogP contribution in [0.3, 0.4) is 0 Å². The van der Waals surface area contributed by atoms with Crippen LogP contribution in [0.2, 0.25) is 0 Å². The molecule has 1 aromatic carbocycles. The summed E-state index contributed by atoms with van der Waals surface area (Å²) in [6, 6.07) is 7.08. The van der Waals surface area contributed by atoms with Crippen LogP contribution in [0.4, 0.5) is 0 Å². The lowest BCUT2D eigenvalue weighted by Crippen LogP contribution is -2.35. The zero-order valence-electron chi connectivity index (χ0n) is 10.9. The van der Waals surface area contributed by atoms with Crippen molar-refractivity contribution in [2.45, 2.75) is 24.7 Å². The molecule has 19 heavy (non-hydrogen) atoms. The van der Waals surface area contributed by atoms with Crippen molar-refractivity contribution in [1.29, 1.82) is 0 Å². The van der Waals surface area contributed by atoms with Gasteiger partial charge in [0.1, 0.15) is 11.9 Å². The van der Waals surface area contributed by atoms with E-state index in [1.807, 2.05) is 0 Å². The van der Waals surface area contributed by atoms with E-state index in [2.05, 4.69) is 11.9 Å². The molecule has 2 rings (SSSR count). The maximum absolute atomic E-state index is 11.0. The molecule has 0 N–H and O–H groups in total. The lowest BCUT2D eigenvalue weighted by atomic mass is 10.1. The minimum atomic E-state index is -3.50. The van der Waals surface area contributed by atoms with Crippen molar-refractivity contribution in [2.75, 3.05) is 20.1 Å². The van der Waals surface area contributed by atoms with E-state index in [1.54, 1.807) is 24.3 Å². The lowest BCUT2D eigenvalue weighted by molar-refractivity contribution is 0.114. The Balaban J connectivity index is 1.92. The van der Waals surface area contributed by atoms with Gasteiger partial charge in [-0.3, -0.25) is 0 Å². The van der Waals surface area contributed by atoms with Crippen molar-refractivity contribution < 1.29 is 13.2 Å². The number of benzene rings is 1. The van der Waals surface area contributed by atoms with Crippen LogP contribution in [0.1, 0.15) is 18.4 Å². The zero-order chi connectivity index (χ0) is 13.9. The maximum atomic E-state index is 11.0. The third-order valence-electron chi connectivity index (χ3n) is 3.23. The van der Waals surface area contributed by atoms with Crippen LogP contribution < -0.4 is 4.74 Å². The first-order valence-corrected chi connectivity index (χ1v) is 8.77. The monoisotopic (exact) mass is 303 g/mol. The predicted octanol–water partition coefficient (Wildman–Crippen LogP) is 2.23. The Bertz CT molecular complexity index is 507. The Labute approximate surface area is 118 Å². The van der Waals surface area contributed by atoms with Gasteiger partial charge in [-0.1, -0.05) is 12.1 Å². The van der Waals surface area contributed by atoms with E-state index in [1.165, 1.54) is 0 Å². The average molecular weight is 304 g/mol. The van der Waals surface area contributed by atoms with Gasteiger partial charge in [-0.25, -0.2) is 8.42 Å². The van der Waals surface area contributed by atoms with E-state index in [0.29, 0.717) is 5.56 Å². The summed E-state index contributed by atoms with van der Waals surface area (Å²) in [6.45, 7) is 2.10. The molecule has 0 aromatic heterocycles. The van der Waals surface area contributed by atoms with E-state index >= 15 is 0 Å². The van der Waals surface area contributed by atoms with Crippen molar-refractivity contribution in [2.24, 2.45) is 0 Å². The molecule has 0 amide bonds. The van der Waals surface area contributed by atoms with E-state index in [9.17, 15) is 8.42 Å². The van der Waals surface area contributed by atoms with Gasteiger partial charge in [-0.15, -0.1) is 0 Å². The van der Waals surface area contributed by atoms with Crippen LogP contribution in [-0.4, -0.2) is 39.6 Å². The second-order valence-electron chi connectivity index (χ2n) is 4.95. The van der Waals surface area contributed by atoms with Gasteiger partial charge < -0.3 is 9.64 Å². The number of halogens is 1. The molecule has 0 atom stereocenters. The number of likely N-dealkylation sites (tertiary alicyclic amines) is 1. The number of rotatable bonds is 4. The summed E-state index contributed by atoms with van der Waals surface area (Å²) in [4.78, 5) is 2.29. The predicted molar refractivity (Wildman–Crippen MR) is 76.1 cm³/mol. The Hall–Kier alpha value is -0.780. The first-order chi connectivity index (χ1) is 8.92. The Morgan fingerprint density at radius 3 is 2.37 bits per heavy atom. The molecule has 1 fully saturated rings. The number of nitrogens with zero attached hydrogens (tertiary/aromatic N) is 1. The highest BCUT2D eigenvalue weighted by Crippen LogP contribution is 2.20. The van der Waals surface area contributed by atoms with E-state index in [-0.39, 0.29) is 11.9 Å². The lowest BCUT2D eigenvalue weighted by Gasteiger charge is -2.29. The van der Waals surface area contributed by atoms with Crippen molar-refractivity contribution in [3.63, 3.8) is 0 Å². The Morgan fingerprint density at radius 2 is 1.84 bits per heavy atom. The summed E-state index contributed by atoms with van der Waals surface area (Å²) in [5.74, 6) is 0.633. The van der Waals surface area contributed by atoms with Crippen LogP contribution in [0.25, 0.3) is 0 Å². The summed E-state index contributed by atoms with van der Waals surface area (Å²) in [5, 5.41) is 0. The number of ether oxygens (including phenoxy) is 1. The quantitative estimate of drug-likeness (QED) is 0.800. The maximum Gasteiger partial charge on any atom is 0.236 e. The molecule has 106 valence electrons. The SMILES string of the molecule is CN1CCC(Oc2ccc(CS(=O)(=O)Cl)cc2)CC1. The third kappa shape index (κ3) is 5.01. The van der Waals surface area contributed by atoms with E-state index in [4.69, 9.17) is 15.4 Å². The Morgan fingerprint density at radius 1 is 1.26 bits per heavy atom. The molecule has 0 radical (unpaired) electrons. The molecular formula is C13H18ClNO3S. The van der Waals surface area contributed by atoms with Crippen LogP contribution >= 0.6 is 10.7 Å². The largest absolute Gasteiger partial charge is 0.490 e. The fourth-order valence-electron chi connectivity index (χ4n) is 2.16. The van der Waals surface area contributed by atoms with Crippen LogP contribution in [0, 0.1) is 0 Å². The van der Waals surface area contributed by atoms with Gasteiger partial charge in [0.2, 0.25) is 9.05 Å². The Kier molecular flexibility index (Phi) is 4.71. The van der Waals surface area contributed by atoms with Gasteiger partial charge in [0.05, 0.1) is 5.75 Å². The molecule has 6 heteroatoms. The van der Waals surface area contributed by atoms with Gasteiger partial charge in [-0.05, 0) is 37.6 Å². The molecule has 1 aliphatic heterocycles. The van der Waals surface area contributed by atoms with Gasteiger partial charge in [0.15, 0.2) is 0 Å². The highest BCUT2D eigenvalue weighted by atomic mass is 35.7. The van der Waals surface area contributed by atoms with E-state index < -0.39 is 9.05 Å². The first-order valence-electron chi connectivity index (χ1n) is 6.29. The zero-order valence-corrected chi connectivity index (χ0v) is 12.5. The van der Waals surface area contributed by atoms with Gasteiger partial charge in [0, 0.05) is 23.8 Å². The van der Waals surface area contributed by atoms with Crippen molar-refractivity contribution in [1.82, 2.24) is 4.90 Å². The summed E-state index contributed by atoms with van der Waals surface area (Å²) < 4.78 is 27.8. The molecule has 0 aliphatic carbocycles. The third-order valence-corrected chi connectivity index (χ3v) is 4.24. The highest BCUT2D eigenvalue weighted by molar-refractivity contribution is 8.13. The second-order valence-corrected chi connectivity index (χ2v) is 7.72. The standard InChI is InChI=1S/C13H18ClNO3S/c1-15-8-6-13(7-9-15)18-12-4-2-11(3-5-12)10-19(14,16)17/h2-5,13H,6-10H2,1H3. The summed E-state index contributed by atoms with van der Waals surface area (Å²) in [5.41, 5.74) is 0.672. The van der Waals surface area contributed by atoms with Gasteiger partial charge in [-0.2, -0.15) is 0 Å². The molecule has 0 saturated carbocycles. The highest BCUT2D eigenvalue weighted by Gasteiger charge is 2.18. The topological polar surface area (TPSA) is 46.6 Å². The molecule has 1 heterocycles. The van der Waals surface area contributed by atoms with Crippen LogP contribution in [-0.2, 0) is 14.8 Å². The van der Waals surface area contributed by atoms with Gasteiger partial charge >= 0.3 is 0 Å². The molecule has 0 spiro atoms. The summed E-state index contributed by atoms with van der Waals surface area (Å²) in [6.07, 6.45) is 2.29. The van der Waals surface area contributed by atoms with Crippen molar-refractivity contribution in [3.05, 3.63) is 29.8 Å². The fourth-order valence-corrected chi connectivity index (χ4v) is 3.13. The van der Waals surface area contributed by atoms with Crippen LogP contribution in [0.15, 0.2) is 24.3 Å². The number of piperidine rings is 1. The smallest absolute Gasteiger partial charge is 0.236 e. The molecular weight excluding hydrogens is 286 g/mol. The second kappa shape index (κ2) is 6.11. The first kappa shape index (κ1) is 14.6. The number of hydrogen-bond acceptors (Lipinski definition) is 4. The minimum Gasteiger partial charge on any atom is -0.490 e. The molecule has 1 aromatic rings. The molecule has 4 nitrogen and oxygen atoms in total. The molecule has 0 bridgehead atoms.